The molecule has 0 N–H and O–H groups in total. The molecule has 2 aromatic rings. The Bertz CT molecular complexity index is 965. The molecule has 1 saturated carbocycles. The summed E-state index contributed by atoms with van der Waals surface area (Å²) in [6.07, 6.45) is 3.53. The van der Waals surface area contributed by atoms with E-state index in [0.717, 1.165) is 41.3 Å². The van der Waals surface area contributed by atoms with Crippen molar-refractivity contribution < 1.29 is 14.3 Å². The quantitative estimate of drug-likeness (QED) is 0.604. The Hall–Kier alpha value is -2.20. The fourth-order valence-corrected chi connectivity index (χ4v) is 5.14. The number of esters is 1. The predicted octanol–water partition coefficient (Wildman–Crippen LogP) is 5.26. The maximum Gasteiger partial charge on any atom is 0.318 e. The number of hydrogen-bond donors (Lipinski definition) is 0. The molecule has 0 radical (unpaired) electrons. The number of Topliss-reactive ketones (excluding diaryl/α,β-unsaturated/α-hetero) is 1. The van der Waals surface area contributed by atoms with E-state index in [9.17, 15) is 9.59 Å². The van der Waals surface area contributed by atoms with Crippen molar-refractivity contribution in [3.8, 4) is 0 Å². The Labute approximate surface area is 160 Å². The lowest BCUT2D eigenvalue weighted by Gasteiger charge is -2.39. The Morgan fingerprint density at radius 1 is 0.923 bits per heavy atom. The number of halogens is 1. The van der Waals surface area contributed by atoms with Crippen LogP contribution in [0.15, 0.2) is 58.6 Å². The van der Waals surface area contributed by atoms with E-state index in [0.29, 0.717) is 16.9 Å². The van der Waals surface area contributed by atoms with Gasteiger partial charge in [0.15, 0.2) is 5.78 Å². The molecule has 1 spiro atoms. The van der Waals surface area contributed by atoms with Crippen LogP contribution in [0.5, 0.6) is 0 Å². The van der Waals surface area contributed by atoms with Crippen molar-refractivity contribution in [3.05, 3.63) is 75.3 Å². The van der Waals surface area contributed by atoms with E-state index in [1.54, 1.807) is 0 Å². The first-order valence-corrected chi connectivity index (χ1v) is 9.77. The van der Waals surface area contributed by atoms with Crippen LogP contribution in [0, 0.1) is 5.41 Å². The van der Waals surface area contributed by atoms with Gasteiger partial charge in [0.05, 0.1) is 11.0 Å². The highest BCUT2D eigenvalue weighted by Gasteiger charge is 2.57. The smallest absolute Gasteiger partial charge is 0.318 e. The van der Waals surface area contributed by atoms with Crippen LogP contribution in [0.4, 0.5) is 0 Å². The summed E-state index contributed by atoms with van der Waals surface area (Å²) < 4.78 is 6.81. The van der Waals surface area contributed by atoms with E-state index < -0.39 is 5.41 Å². The van der Waals surface area contributed by atoms with Gasteiger partial charge in [-0.3, -0.25) is 9.59 Å². The lowest BCUT2D eigenvalue weighted by atomic mass is 9.65. The molecule has 4 heteroatoms. The minimum atomic E-state index is -0.621. The Morgan fingerprint density at radius 3 is 2.27 bits per heavy atom. The molecular formula is C22H17BrO3. The number of carbonyl (C=O) groups is 2. The van der Waals surface area contributed by atoms with E-state index in [1.165, 1.54) is 0 Å². The third kappa shape index (κ3) is 2.05. The highest BCUT2D eigenvalue weighted by Crippen LogP contribution is 2.59. The zero-order valence-corrected chi connectivity index (χ0v) is 15.7. The standard InChI is InChI=1S/C22H17BrO3/c23-14-9-7-13(8-10-14)18-17-19(24)15-5-1-2-6-16(15)20(17)26-21(25)22(18)11-3-4-12-22/h1-2,5-10,18H,3-4,11-12H2. The highest BCUT2D eigenvalue weighted by molar-refractivity contribution is 9.10. The molecule has 2 aromatic carbocycles. The molecule has 1 heterocycles. The summed E-state index contributed by atoms with van der Waals surface area (Å²) in [6, 6.07) is 15.4. The number of ketones is 1. The van der Waals surface area contributed by atoms with Gasteiger partial charge in [0.2, 0.25) is 0 Å². The van der Waals surface area contributed by atoms with Crippen LogP contribution in [0.25, 0.3) is 5.76 Å². The van der Waals surface area contributed by atoms with Crippen LogP contribution >= 0.6 is 15.9 Å². The molecule has 2 aliphatic carbocycles. The maximum absolute atomic E-state index is 13.3. The topological polar surface area (TPSA) is 43.4 Å². The third-order valence-electron chi connectivity index (χ3n) is 6.05. The van der Waals surface area contributed by atoms with E-state index in [4.69, 9.17) is 4.74 Å². The van der Waals surface area contributed by atoms with Gasteiger partial charge in [0, 0.05) is 21.5 Å². The predicted molar refractivity (Wildman–Crippen MR) is 102 cm³/mol. The van der Waals surface area contributed by atoms with Crippen LogP contribution in [0.1, 0.15) is 53.1 Å². The molecule has 1 atom stereocenters. The minimum absolute atomic E-state index is 0.00212. The normalized spacial score (nSPS) is 23.2. The van der Waals surface area contributed by atoms with Gasteiger partial charge in [-0.05, 0) is 30.5 Å². The Kier molecular flexibility index (Phi) is 3.48. The van der Waals surface area contributed by atoms with Crippen LogP contribution < -0.4 is 0 Å². The molecule has 0 saturated heterocycles. The molecule has 0 amide bonds. The van der Waals surface area contributed by atoms with Crippen molar-refractivity contribution in [1.82, 2.24) is 0 Å². The summed E-state index contributed by atoms with van der Waals surface area (Å²) in [5.74, 6) is 0.0590. The van der Waals surface area contributed by atoms with Crippen molar-refractivity contribution >= 4 is 33.4 Å². The monoisotopic (exact) mass is 408 g/mol. The van der Waals surface area contributed by atoms with Crippen LogP contribution in [0.3, 0.4) is 0 Å². The van der Waals surface area contributed by atoms with Crippen LogP contribution in [0.2, 0.25) is 0 Å². The Balaban J connectivity index is 1.76. The second-order valence-electron chi connectivity index (χ2n) is 7.35. The van der Waals surface area contributed by atoms with E-state index in [1.807, 2.05) is 48.5 Å². The van der Waals surface area contributed by atoms with E-state index >= 15 is 0 Å². The van der Waals surface area contributed by atoms with Gasteiger partial charge in [-0.25, -0.2) is 0 Å². The second kappa shape index (κ2) is 5.65. The molecular weight excluding hydrogens is 392 g/mol. The molecule has 3 aliphatic rings. The molecule has 0 aromatic heterocycles. The second-order valence-corrected chi connectivity index (χ2v) is 8.27. The Morgan fingerprint density at radius 2 is 1.58 bits per heavy atom. The minimum Gasteiger partial charge on any atom is -0.425 e. The zero-order valence-electron chi connectivity index (χ0n) is 14.1. The third-order valence-corrected chi connectivity index (χ3v) is 6.58. The SMILES string of the molecule is O=C1C2=C(OC(=O)C3(CCCC3)C2c2ccc(Br)cc2)c2ccccc21. The van der Waals surface area contributed by atoms with Gasteiger partial charge in [-0.2, -0.15) is 0 Å². The number of allylic oxidation sites excluding steroid dienone is 1. The number of rotatable bonds is 1. The summed E-state index contributed by atoms with van der Waals surface area (Å²) in [7, 11) is 0. The van der Waals surface area contributed by atoms with Gasteiger partial charge in [-0.15, -0.1) is 0 Å². The van der Waals surface area contributed by atoms with Crippen molar-refractivity contribution in [2.75, 3.05) is 0 Å². The number of benzene rings is 2. The summed E-state index contributed by atoms with van der Waals surface area (Å²) in [4.78, 5) is 26.4. The molecule has 26 heavy (non-hydrogen) atoms. The number of fused-ring (bicyclic) bond motifs is 2. The lowest BCUT2D eigenvalue weighted by Crippen LogP contribution is -2.41. The number of ether oxygens (including phenoxy) is 1. The van der Waals surface area contributed by atoms with Gasteiger partial charge >= 0.3 is 5.97 Å². The molecule has 3 nitrogen and oxygen atoms in total. The van der Waals surface area contributed by atoms with Crippen molar-refractivity contribution in [1.29, 1.82) is 0 Å². The number of hydrogen-bond acceptors (Lipinski definition) is 3. The first-order chi connectivity index (χ1) is 12.6. The van der Waals surface area contributed by atoms with Crippen molar-refractivity contribution in [2.24, 2.45) is 5.41 Å². The first-order valence-electron chi connectivity index (χ1n) is 8.98. The summed E-state index contributed by atoms with van der Waals surface area (Å²) in [5, 5.41) is 0. The van der Waals surface area contributed by atoms with Gasteiger partial charge in [0.25, 0.3) is 0 Å². The van der Waals surface area contributed by atoms with Gasteiger partial charge < -0.3 is 4.74 Å². The highest BCUT2D eigenvalue weighted by atomic mass is 79.9. The van der Waals surface area contributed by atoms with Crippen LogP contribution in [-0.4, -0.2) is 11.8 Å². The van der Waals surface area contributed by atoms with Gasteiger partial charge in [-0.1, -0.05) is 65.2 Å². The summed E-state index contributed by atoms with van der Waals surface area (Å²) >= 11 is 3.48. The number of carbonyl (C=O) groups excluding carboxylic acids is 2. The molecule has 1 fully saturated rings. The maximum atomic E-state index is 13.3. The zero-order chi connectivity index (χ0) is 17.9. The molecule has 5 rings (SSSR count). The lowest BCUT2D eigenvalue weighted by molar-refractivity contribution is -0.150. The van der Waals surface area contributed by atoms with E-state index in [-0.39, 0.29) is 17.7 Å². The largest absolute Gasteiger partial charge is 0.425 e. The fraction of sp³-hybridized carbons (Fsp3) is 0.273. The van der Waals surface area contributed by atoms with Crippen LogP contribution in [-0.2, 0) is 9.53 Å². The molecule has 1 unspecified atom stereocenters. The van der Waals surface area contributed by atoms with Crippen molar-refractivity contribution in [2.45, 2.75) is 31.6 Å². The van der Waals surface area contributed by atoms with E-state index in [2.05, 4.69) is 15.9 Å². The fourth-order valence-electron chi connectivity index (χ4n) is 4.87. The average molecular weight is 409 g/mol. The first kappa shape index (κ1) is 16.0. The molecule has 1 aliphatic heterocycles. The summed E-state index contributed by atoms with van der Waals surface area (Å²) in [6.45, 7) is 0. The molecule has 130 valence electrons. The summed E-state index contributed by atoms with van der Waals surface area (Å²) in [5.41, 5.74) is 2.44. The van der Waals surface area contributed by atoms with Gasteiger partial charge in [0.1, 0.15) is 5.76 Å². The molecule has 0 bridgehead atoms. The van der Waals surface area contributed by atoms with Crippen molar-refractivity contribution in [3.63, 3.8) is 0 Å². The average Bonchev–Trinajstić information content (AvgIpc) is 3.24.